The molecule has 0 amide bonds. The number of fused-ring (bicyclic) bond motifs is 1. The van der Waals surface area contributed by atoms with Gasteiger partial charge in [-0.2, -0.15) is 0 Å². The third kappa shape index (κ3) is 2.44. The molecule has 2 aromatic heterocycles. The second-order valence-corrected chi connectivity index (χ2v) is 8.46. The molecule has 1 unspecified atom stereocenters. The smallest absolute Gasteiger partial charge is 0.0917 e. The molecule has 0 aliphatic carbocycles. The number of rotatable bonds is 3. The first-order valence-corrected chi connectivity index (χ1v) is 9.69. The fraction of sp³-hybridized carbons (Fsp3) is 0.650. The number of H-pyrrole nitrogens is 1. The summed E-state index contributed by atoms with van der Waals surface area (Å²) in [5.41, 5.74) is 5.23. The van der Waals surface area contributed by atoms with Crippen molar-refractivity contribution in [3.63, 3.8) is 0 Å². The van der Waals surface area contributed by atoms with Crippen LogP contribution in [0.4, 0.5) is 0 Å². The molecule has 1 atom stereocenters. The van der Waals surface area contributed by atoms with Crippen LogP contribution < -0.4 is 5.32 Å². The largest absolute Gasteiger partial charge is 0.381 e. The summed E-state index contributed by atoms with van der Waals surface area (Å²) < 4.78 is 5.51. The Kier molecular flexibility index (Phi) is 3.66. The zero-order valence-corrected chi connectivity index (χ0v) is 15.2. The summed E-state index contributed by atoms with van der Waals surface area (Å²) in [5.74, 6) is 0.493. The first-order valence-electron chi connectivity index (χ1n) is 9.69. The molecule has 3 aliphatic rings. The second kappa shape index (κ2) is 5.79. The lowest BCUT2D eigenvalue weighted by Crippen LogP contribution is -2.74. The molecule has 5 rings (SSSR count). The van der Waals surface area contributed by atoms with E-state index in [9.17, 15) is 0 Å². The molecule has 2 N–H and O–H groups in total. The molecule has 0 saturated carbocycles. The number of likely N-dealkylation sites (tertiary alicyclic amines) is 1. The fourth-order valence-corrected chi connectivity index (χ4v) is 4.91. The molecular weight excluding hydrogens is 312 g/mol. The zero-order chi connectivity index (χ0) is 17.0. The minimum absolute atomic E-state index is 0.396. The van der Waals surface area contributed by atoms with E-state index >= 15 is 0 Å². The number of ether oxygens (including phenoxy) is 1. The molecule has 5 heteroatoms. The minimum Gasteiger partial charge on any atom is -0.381 e. The topological polar surface area (TPSA) is 53.2 Å². The van der Waals surface area contributed by atoms with E-state index in [0.717, 1.165) is 36.8 Å². The molecule has 0 radical (unpaired) electrons. The van der Waals surface area contributed by atoms with Gasteiger partial charge in [-0.25, -0.2) is 4.98 Å². The lowest BCUT2D eigenvalue weighted by molar-refractivity contribution is -0.119. The zero-order valence-electron chi connectivity index (χ0n) is 15.2. The molecule has 1 spiro atoms. The van der Waals surface area contributed by atoms with E-state index in [-0.39, 0.29) is 0 Å². The van der Waals surface area contributed by atoms with Crippen LogP contribution in [0.3, 0.4) is 0 Å². The maximum Gasteiger partial charge on any atom is 0.0917 e. The van der Waals surface area contributed by atoms with Crippen LogP contribution >= 0.6 is 0 Å². The highest BCUT2D eigenvalue weighted by atomic mass is 16.5. The fourth-order valence-electron chi connectivity index (χ4n) is 4.91. The molecule has 5 heterocycles. The normalized spacial score (nSPS) is 26.9. The molecule has 134 valence electrons. The van der Waals surface area contributed by atoms with E-state index < -0.39 is 0 Å². The number of pyridine rings is 1. The average molecular weight is 340 g/mol. The van der Waals surface area contributed by atoms with Crippen LogP contribution in [0.25, 0.3) is 11.0 Å². The van der Waals surface area contributed by atoms with Crippen molar-refractivity contribution in [1.82, 2.24) is 20.2 Å². The first-order chi connectivity index (χ1) is 12.2. The summed E-state index contributed by atoms with van der Waals surface area (Å²) in [6, 6.07) is 5.54. The standard InChI is InChI=1S/C20H28N4O/c1-13(2)15-9-21-16-3-4-17(23-18(15)16)19-20(10-22-19)11-24(12-20)14-5-7-25-8-6-14/h3-4,9,13-14,19,21-22H,5-8,10-12H2,1-2H3. The highest BCUT2D eigenvalue weighted by molar-refractivity contribution is 5.79. The lowest BCUT2D eigenvalue weighted by Gasteiger charge is -2.63. The first kappa shape index (κ1) is 15.8. The molecule has 0 bridgehead atoms. The van der Waals surface area contributed by atoms with E-state index in [0.29, 0.717) is 17.4 Å². The summed E-state index contributed by atoms with van der Waals surface area (Å²) in [6.45, 7) is 9.87. The van der Waals surface area contributed by atoms with Crippen LogP contribution in [0.5, 0.6) is 0 Å². The van der Waals surface area contributed by atoms with Gasteiger partial charge in [0.2, 0.25) is 0 Å². The van der Waals surface area contributed by atoms with Gasteiger partial charge in [0.1, 0.15) is 0 Å². The summed E-state index contributed by atoms with van der Waals surface area (Å²) in [6.07, 6.45) is 4.51. The van der Waals surface area contributed by atoms with E-state index in [1.54, 1.807) is 0 Å². The third-order valence-corrected chi connectivity index (χ3v) is 6.50. The third-order valence-electron chi connectivity index (χ3n) is 6.50. The Bertz CT molecular complexity index is 771. The van der Waals surface area contributed by atoms with Gasteiger partial charge in [-0.15, -0.1) is 0 Å². The van der Waals surface area contributed by atoms with Gasteiger partial charge in [-0.3, -0.25) is 4.90 Å². The summed E-state index contributed by atoms with van der Waals surface area (Å²) in [7, 11) is 0. The van der Waals surface area contributed by atoms with Gasteiger partial charge in [-0.05, 0) is 36.5 Å². The van der Waals surface area contributed by atoms with Crippen LogP contribution in [-0.2, 0) is 4.74 Å². The predicted molar refractivity (Wildman–Crippen MR) is 98.8 cm³/mol. The molecule has 3 fully saturated rings. The summed E-state index contributed by atoms with van der Waals surface area (Å²) in [5, 5.41) is 3.66. The highest BCUT2D eigenvalue weighted by Crippen LogP contribution is 2.49. The maximum atomic E-state index is 5.51. The van der Waals surface area contributed by atoms with Crippen molar-refractivity contribution >= 4 is 11.0 Å². The van der Waals surface area contributed by atoms with Gasteiger partial charge < -0.3 is 15.0 Å². The van der Waals surface area contributed by atoms with Crippen LogP contribution in [0.2, 0.25) is 0 Å². The van der Waals surface area contributed by atoms with Gasteiger partial charge in [-0.1, -0.05) is 13.8 Å². The Labute approximate surface area is 149 Å². The molecule has 5 nitrogen and oxygen atoms in total. The van der Waals surface area contributed by atoms with Crippen molar-refractivity contribution < 1.29 is 4.74 Å². The van der Waals surface area contributed by atoms with Crippen molar-refractivity contribution in [3.05, 3.63) is 29.6 Å². The van der Waals surface area contributed by atoms with Crippen LogP contribution in [-0.4, -0.2) is 53.8 Å². The lowest BCUT2D eigenvalue weighted by atomic mass is 9.65. The number of hydrogen-bond donors (Lipinski definition) is 2. The highest BCUT2D eigenvalue weighted by Gasteiger charge is 2.56. The van der Waals surface area contributed by atoms with Crippen LogP contribution in [0, 0.1) is 5.41 Å². The molecule has 0 aromatic carbocycles. The summed E-state index contributed by atoms with van der Waals surface area (Å²) >= 11 is 0. The number of hydrogen-bond acceptors (Lipinski definition) is 4. The maximum absolute atomic E-state index is 5.51. The molecular formula is C20H28N4O. The van der Waals surface area contributed by atoms with Crippen molar-refractivity contribution in [1.29, 1.82) is 0 Å². The Morgan fingerprint density at radius 3 is 2.72 bits per heavy atom. The van der Waals surface area contributed by atoms with Gasteiger partial charge >= 0.3 is 0 Å². The van der Waals surface area contributed by atoms with Gasteiger partial charge in [0.25, 0.3) is 0 Å². The van der Waals surface area contributed by atoms with Crippen LogP contribution in [0.1, 0.15) is 49.9 Å². The Hall–Kier alpha value is -1.43. The Morgan fingerprint density at radius 2 is 2.04 bits per heavy atom. The van der Waals surface area contributed by atoms with E-state index in [4.69, 9.17) is 9.72 Å². The van der Waals surface area contributed by atoms with Crippen molar-refractivity contribution in [3.8, 4) is 0 Å². The number of nitrogens with zero attached hydrogens (tertiary/aromatic N) is 2. The monoisotopic (exact) mass is 340 g/mol. The Morgan fingerprint density at radius 1 is 1.24 bits per heavy atom. The number of nitrogens with one attached hydrogen (secondary N) is 2. The SMILES string of the molecule is CC(C)c1c[nH]c2ccc(C3NCC34CN(C3CCOCC3)C4)nc12. The number of aromatic nitrogens is 2. The van der Waals surface area contributed by atoms with E-state index in [2.05, 4.69) is 47.4 Å². The van der Waals surface area contributed by atoms with E-state index in [1.807, 2.05) is 0 Å². The molecule has 3 saturated heterocycles. The molecule has 2 aromatic rings. The van der Waals surface area contributed by atoms with Crippen molar-refractivity contribution in [2.45, 2.75) is 44.7 Å². The molecule has 25 heavy (non-hydrogen) atoms. The van der Waals surface area contributed by atoms with Gasteiger partial charge in [0.05, 0.1) is 22.8 Å². The minimum atomic E-state index is 0.396. The number of aromatic amines is 1. The molecule has 3 aliphatic heterocycles. The van der Waals surface area contributed by atoms with Gasteiger partial charge in [0, 0.05) is 50.5 Å². The quantitative estimate of drug-likeness (QED) is 0.902. The van der Waals surface area contributed by atoms with Crippen LogP contribution in [0.15, 0.2) is 18.3 Å². The van der Waals surface area contributed by atoms with E-state index in [1.165, 1.54) is 37.2 Å². The predicted octanol–water partition coefficient (Wildman–Crippen LogP) is 2.81. The Balaban J connectivity index is 1.35. The second-order valence-electron chi connectivity index (χ2n) is 8.46. The van der Waals surface area contributed by atoms with Crippen molar-refractivity contribution in [2.75, 3.05) is 32.8 Å². The van der Waals surface area contributed by atoms with Gasteiger partial charge in [0.15, 0.2) is 0 Å². The van der Waals surface area contributed by atoms with Crippen molar-refractivity contribution in [2.24, 2.45) is 5.41 Å². The average Bonchev–Trinajstić information content (AvgIpc) is 2.97. The summed E-state index contributed by atoms with van der Waals surface area (Å²) in [4.78, 5) is 11.1.